The van der Waals surface area contributed by atoms with Crippen LogP contribution < -0.4 is 4.74 Å². The maximum atomic E-state index is 7.04. The summed E-state index contributed by atoms with van der Waals surface area (Å²) in [5.41, 5.74) is 9.46. The number of rotatable bonds is 15. The minimum absolute atomic E-state index is 0.242. The monoisotopic (exact) mass is 645 g/mol. The van der Waals surface area contributed by atoms with Gasteiger partial charge in [0.15, 0.2) is 0 Å². The molecule has 0 aliphatic rings. The van der Waals surface area contributed by atoms with Gasteiger partial charge in [0, 0.05) is 18.7 Å². The van der Waals surface area contributed by atoms with Crippen molar-refractivity contribution in [2.75, 3.05) is 13.2 Å². The topological polar surface area (TPSA) is 40.6 Å². The standard InChI is InChI=1S/C45H43NO3/c1-4-29-47-42(28-30-49-45(39-20-8-5-9-21-39,40-22-10-6-11-23-40)41-24-12-7-13-25-41)38-26-27-43(46-32-38)48-33-36-18-15-19-37(31-36)44-34(2)16-14-17-35(44)3/h4-27,31-32,42H,1,28-30,33H2,2-3H3. The number of ether oxygens (including phenoxy) is 3. The molecule has 0 aliphatic heterocycles. The summed E-state index contributed by atoms with van der Waals surface area (Å²) >= 11 is 0. The molecule has 1 aromatic heterocycles. The van der Waals surface area contributed by atoms with E-state index in [1.54, 1.807) is 6.08 Å². The molecule has 49 heavy (non-hydrogen) atoms. The molecule has 0 bridgehead atoms. The van der Waals surface area contributed by atoms with Crippen LogP contribution >= 0.6 is 0 Å². The van der Waals surface area contributed by atoms with Crippen molar-refractivity contribution >= 4 is 0 Å². The van der Waals surface area contributed by atoms with Crippen molar-refractivity contribution < 1.29 is 14.2 Å². The van der Waals surface area contributed by atoms with Crippen LogP contribution in [-0.4, -0.2) is 18.2 Å². The van der Waals surface area contributed by atoms with Crippen LogP contribution in [-0.2, 0) is 21.7 Å². The molecule has 5 aromatic carbocycles. The molecule has 0 aliphatic carbocycles. The van der Waals surface area contributed by atoms with Crippen molar-refractivity contribution in [1.82, 2.24) is 4.98 Å². The van der Waals surface area contributed by atoms with Crippen molar-refractivity contribution in [2.24, 2.45) is 0 Å². The molecular formula is C45H43NO3. The average molecular weight is 646 g/mol. The van der Waals surface area contributed by atoms with Crippen molar-refractivity contribution in [2.45, 2.75) is 38.6 Å². The summed E-state index contributed by atoms with van der Waals surface area (Å²) in [5, 5.41) is 0. The van der Waals surface area contributed by atoms with E-state index in [1.807, 2.05) is 36.5 Å². The molecule has 0 amide bonds. The minimum atomic E-state index is -0.794. The summed E-state index contributed by atoms with van der Waals surface area (Å²) in [6.07, 6.45) is 3.99. The first-order chi connectivity index (χ1) is 24.1. The number of hydrogen-bond donors (Lipinski definition) is 0. The highest BCUT2D eigenvalue weighted by Gasteiger charge is 2.37. The van der Waals surface area contributed by atoms with Gasteiger partial charge >= 0.3 is 0 Å². The van der Waals surface area contributed by atoms with Gasteiger partial charge in [-0.05, 0) is 76.1 Å². The molecule has 4 nitrogen and oxygen atoms in total. The highest BCUT2D eigenvalue weighted by atomic mass is 16.5. The number of aryl methyl sites for hydroxylation is 2. The van der Waals surface area contributed by atoms with Gasteiger partial charge in [0.05, 0.1) is 19.3 Å². The summed E-state index contributed by atoms with van der Waals surface area (Å²) in [6.45, 7) is 9.47. The van der Waals surface area contributed by atoms with Gasteiger partial charge in [-0.2, -0.15) is 0 Å². The van der Waals surface area contributed by atoms with Crippen molar-refractivity contribution in [3.63, 3.8) is 0 Å². The van der Waals surface area contributed by atoms with Crippen LogP contribution in [0.5, 0.6) is 5.88 Å². The molecule has 6 rings (SSSR count). The van der Waals surface area contributed by atoms with E-state index in [0.29, 0.717) is 32.1 Å². The van der Waals surface area contributed by atoms with Crippen molar-refractivity contribution in [3.8, 4) is 17.0 Å². The SMILES string of the molecule is C=CCOC(CCOC(c1ccccc1)(c1ccccc1)c1ccccc1)c1ccc(OCc2cccc(-c3c(C)cccc3C)c2)nc1. The molecule has 1 heterocycles. The molecule has 0 spiro atoms. The summed E-state index contributed by atoms with van der Waals surface area (Å²) < 4.78 is 19.4. The molecule has 246 valence electrons. The van der Waals surface area contributed by atoms with Crippen molar-refractivity contribution in [1.29, 1.82) is 0 Å². The third kappa shape index (κ3) is 7.89. The quantitative estimate of drug-likeness (QED) is 0.0823. The fourth-order valence-corrected chi connectivity index (χ4v) is 6.53. The van der Waals surface area contributed by atoms with E-state index in [9.17, 15) is 0 Å². The predicted molar refractivity (Wildman–Crippen MR) is 199 cm³/mol. The largest absolute Gasteiger partial charge is 0.473 e. The summed E-state index contributed by atoms with van der Waals surface area (Å²) in [5.74, 6) is 0.566. The van der Waals surface area contributed by atoms with Gasteiger partial charge in [-0.25, -0.2) is 4.98 Å². The fraction of sp³-hybridized carbons (Fsp3) is 0.178. The number of nitrogens with zero attached hydrogens (tertiary/aromatic N) is 1. The Morgan fingerprint density at radius 1 is 0.694 bits per heavy atom. The van der Waals surface area contributed by atoms with E-state index in [0.717, 1.165) is 27.8 Å². The molecule has 0 fully saturated rings. The first kappa shape index (κ1) is 33.6. The summed E-state index contributed by atoms with van der Waals surface area (Å²) in [7, 11) is 0. The Labute approximate surface area is 290 Å². The minimum Gasteiger partial charge on any atom is -0.473 e. The Hall–Kier alpha value is -5.29. The van der Waals surface area contributed by atoms with E-state index in [-0.39, 0.29) is 6.10 Å². The molecule has 6 aromatic rings. The number of pyridine rings is 1. The number of aromatic nitrogens is 1. The molecular weight excluding hydrogens is 602 g/mol. The van der Waals surface area contributed by atoms with Crippen molar-refractivity contribution in [3.05, 3.63) is 203 Å². The van der Waals surface area contributed by atoms with Gasteiger partial charge in [0.25, 0.3) is 0 Å². The zero-order valence-corrected chi connectivity index (χ0v) is 28.3. The van der Waals surface area contributed by atoms with Gasteiger partial charge in [-0.3, -0.25) is 0 Å². The van der Waals surface area contributed by atoms with E-state index in [1.165, 1.54) is 22.3 Å². The Morgan fingerprint density at radius 2 is 1.29 bits per heavy atom. The molecule has 4 heteroatoms. The van der Waals surface area contributed by atoms with Gasteiger partial charge < -0.3 is 14.2 Å². The summed E-state index contributed by atoms with van der Waals surface area (Å²) in [6, 6.07) is 50.2. The van der Waals surface area contributed by atoms with Crippen LogP contribution in [0.4, 0.5) is 0 Å². The Balaban J connectivity index is 1.18. The van der Waals surface area contributed by atoms with Gasteiger partial charge in [0.1, 0.15) is 12.2 Å². The maximum absolute atomic E-state index is 7.04. The van der Waals surface area contributed by atoms with Crippen LogP contribution in [0.3, 0.4) is 0 Å². The lowest BCUT2D eigenvalue weighted by Gasteiger charge is -2.36. The average Bonchev–Trinajstić information content (AvgIpc) is 3.15. The maximum Gasteiger partial charge on any atom is 0.213 e. The lowest BCUT2D eigenvalue weighted by molar-refractivity contribution is -0.0191. The van der Waals surface area contributed by atoms with Crippen LogP contribution in [0.25, 0.3) is 11.1 Å². The Morgan fingerprint density at radius 3 is 1.84 bits per heavy atom. The molecule has 0 N–H and O–H groups in total. The zero-order chi connectivity index (χ0) is 33.9. The van der Waals surface area contributed by atoms with E-state index in [2.05, 4.69) is 141 Å². The summed E-state index contributed by atoms with van der Waals surface area (Å²) in [4.78, 5) is 4.66. The number of hydrogen-bond acceptors (Lipinski definition) is 4. The van der Waals surface area contributed by atoms with Crippen LogP contribution in [0, 0.1) is 13.8 Å². The van der Waals surface area contributed by atoms with E-state index >= 15 is 0 Å². The lowest BCUT2D eigenvalue weighted by Crippen LogP contribution is -2.33. The molecule has 0 saturated carbocycles. The first-order valence-corrected chi connectivity index (χ1v) is 16.9. The molecule has 0 radical (unpaired) electrons. The van der Waals surface area contributed by atoms with E-state index in [4.69, 9.17) is 14.2 Å². The molecule has 0 saturated heterocycles. The Kier molecular flexibility index (Phi) is 11.1. The van der Waals surface area contributed by atoms with Crippen LogP contribution in [0.15, 0.2) is 164 Å². The normalized spacial score (nSPS) is 12.0. The van der Waals surface area contributed by atoms with Crippen LogP contribution in [0.1, 0.15) is 51.5 Å². The lowest BCUT2D eigenvalue weighted by atomic mass is 9.80. The fourth-order valence-electron chi connectivity index (χ4n) is 6.53. The second-order valence-corrected chi connectivity index (χ2v) is 12.2. The highest BCUT2D eigenvalue weighted by Crippen LogP contribution is 2.41. The second kappa shape index (κ2) is 16.2. The highest BCUT2D eigenvalue weighted by molar-refractivity contribution is 5.71. The first-order valence-electron chi connectivity index (χ1n) is 16.9. The van der Waals surface area contributed by atoms with Crippen LogP contribution in [0.2, 0.25) is 0 Å². The number of benzene rings is 5. The second-order valence-electron chi connectivity index (χ2n) is 12.2. The molecule has 1 atom stereocenters. The van der Waals surface area contributed by atoms with Gasteiger partial charge in [-0.1, -0.05) is 133 Å². The third-order valence-corrected chi connectivity index (χ3v) is 8.87. The van der Waals surface area contributed by atoms with Gasteiger partial charge in [-0.15, -0.1) is 6.58 Å². The third-order valence-electron chi connectivity index (χ3n) is 8.87. The van der Waals surface area contributed by atoms with Gasteiger partial charge in [0.2, 0.25) is 5.88 Å². The molecule has 1 unspecified atom stereocenters. The predicted octanol–water partition coefficient (Wildman–Crippen LogP) is 10.6. The zero-order valence-electron chi connectivity index (χ0n) is 28.3. The van der Waals surface area contributed by atoms with E-state index < -0.39 is 5.60 Å². The Bertz CT molecular complexity index is 1810. The smallest absolute Gasteiger partial charge is 0.213 e.